The van der Waals surface area contributed by atoms with Crippen LogP contribution >= 0.6 is 11.6 Å². The van der Waals surface area contributed by atoms with Gasteiger partial charge in [-0.25, -0.2) is 0 Å². The first-order valence-corrected chi connectivity index (χ1v) is 10.5. The van der Waals surface area contributed by atoms with Gasteiger partial charge in [0, 0.05) is 30.1 Å². The summed E-state index contributed by atoms with van der Waals surface area (Å²) in [5.41, 5.74) is 3.45. The summed E-state index contributed by atoms with van der Waals surface area (Å²) in [6.07, 6.45) is 3.05. The molecule has 148 valence electrons. The molecule has 0 bridgehead atoms. The summed E-state index contributed by atoms with van der Waals surface area (Å²) in [6.45, 7) is 2.60. The van der Waals surface area contributed by atoms with Gasteiger partial charge in [-0.05, 0) is 54.5 Å². The van der Waals surface area contributed by atoms with Gasteiger partial charge in [0.1, 0.15) is 0 Å². The van der Waals surface area contributed by atoms with Gasteiger partial charge in [-0.1, -0.05) is 54.1 Å². The number of nitrogens with zero attached hydrogens (tertiary/aromatic N) is 1. The Hall–Kier alpha value is -1.88. The molecule has 0 unspecified atom stereocenters. The normalized spacial score (nSPS) is 24.3. The molecule has 3 atom stereocenters. The molecular weight excluding hydrogens is 372 g/mol. The number of carbonyl (C=O) groups is 1. The van der Waals surface area contributed by atoms with E-state index in [4.69, 9.17) is 11.6 Å². The van der Waals surface area contributed by atoms with E-state index in [0.717, 1.165) is 48.5 Å². The fourth-order valence-corrected chi connectivity index (χ4v) is 4.61. The van der Waals surface area contributed by atoms with E-state index >= 15 is 0 Å². The minimum Gasteiger partial charge on any atom is -0.395 e. The van der Waals surface area contributed by atoms with Crippen molar-refractivity contribution in [3.05, 3.63) is 70.2 Å². The molecule has 2 aliphatic rings. The van der Waals surface area contributed by atoms with Crippen molar-refractivity contribution in [2.75, 3.05) is 13.2 Å². The molecule has 1 amide bonds. The minimum atomic E-state index is 0.0180. The van der Waals surface area contributed by atoms with E-state index in [-0.39, 0.29) is 30.4 Å². The number of amides is 1. The Morgan fingerprint density at radius 3 is 2.68 bits per heavy atom. The first kappa shape index (κ1) is 19.4. The van der Waals surface area contributed by atoms with Crippen molar-refractivity contribution in [2.24, 2.45) is 5.92 Å². The number of hydrogen-bond donors (Lipinski definition) is 2. The topological polar surface area (TPSA) is 52.6 Å². The lowest BCUT2D eigenvalue weighted by molar-refractivity contribution is -0.122. The van der Waals surface area contributed by atoms with Crippen LogP contribution in [0.4, 0.5) is 0 Å². The molecule has 2 aromatic rings. The second kappa shape index (κ2) is 8.64. The van der Waals surface area contributed by atoms with Crippen molar-refractivity contribution in [3.63, 3.8) is 0 Å². The predicted molar refractivity (Wildman–Crippen MR) is 111 cm³/mol. The summed E-state index contributed by atoms with van der Waals surface area (Å²) in [6, 6.07) is 16.3. The SMILES string of the molecule is O=C(NCc1ccccc1CN1CCC[C@@H]1CO)[C@H]1C[C@H]1c1ccccc1Cl. The predicted octanol–water partition coefficient (Wildman–Crippen LogP) is 3.72. The van der Waals surface area contributed by atoms with Crippen LogP contribution in [0.5, 0.6) is 0 Å². The largest absolute Gasteiger partial charge is 0.395 e. The highest BCUT2D eigenvalue weighted by Crippen LogP contribution is 2.49. The van der Waals surface area contributed by atoms with Gasteiger partial charge in [0.2, 0.25) is 5.91 Å². The second-order valence-electron chi connectivity index (χ2n) is 7.91. The van der Waals surface area contributed by atoms with E-state index in [1.807, 2.05) is 36.4 Å². The molecule has 1 saturated carbocycles. The Morgan fingerprint density at radius 1 is 1.14 bits per heavy atom. The number of rotatable bonds is 7. The van der Waals surface area contributed by atoms with Crippen LogP contribution in [-0.4, -0.2) is 35.1 Å². The zero-order valence-corrected chi connectivity index (χ0v) is 16.7. The highest BCUT2D eigenvalue weighted by Gasteiger charge is 2.44. The third kappa shape index (κ3) is 4.24. The van der Waals surface area contributed by atoms with Gasteiger partial charge in [0.05, 0.1) is 6.61 Å². The van der Waals surface area contributed by atoms with E-state index in [1.54, 1.807) is 0 Å². The maximum atomic E-state index is 12.6. The highest BCUT2D eigenvalue weighted by atomic mass is 35.5. The number of carbonyl (C=O) groups excluding carboxylic acids is 1. The molecule has 1 aliphatic carbocycles. The lowest BCUT2D eigenvalue weighted by Gasteiger charge is -2.24. The van der Waals surface area contributed by atoms with Gasteiger partial charge < -0.3 is 10.4 Å². The van der Waals surface area contributed by atoms with E-state index in [1.165, 1.54) is 5.56 Å². The molecule has 2 fully saturated rings. The lowest BCUT2D eigenvalue weighted by atomic mass is 10.1. The molecule has 28 heavy (non-hydrogen) atoms. The summed E-state index contributed by atoms with van der Waals surface area (Å²) in [5.74, 6) is 0.359. The summed E-state index contributed by atoms with van der Waals surface area (Å²) in [5, 5.41) is 13.4. The molecule has 0 aromatic heterocycles. The Labute approximate surface area is 171 Å². The molecule has 1 heterocycles. The van der Waals surface area contributed by atoms with Crippen molar-refractivity contribution < 1.29 is 9.90 Å². The number of nitrogens with one attached hydrogen (secondary N) is 1. The van der Waals surface area contributed by atoms with Crippen molar-refractivity contribution in [2.45, 2.75) is 44.3 Å². The fraction of sp³-hybridized carbons (Fsp3) is 0.435. The molecule has 4 nitrogen and oxygen atoms in total. The van der Waals surface area contributed by atoms with Crippen LogP contribution in [0, 0.1) is 5.92 Å². The molecule has 4 rings (SSSR count). The van der Waals surface area contributed by atoms with Crippen LogP contribution in [0.3, 0.4) is 0 Å². The number of halogens is 1. The summed E-state index contributed by atoms with van der Waals surface area (Å²) >= 11 is 6.27. The standard InChI is InChI=1S/C23H27ClN2O2/c24-22-10-4-3-9-19(22)20-12-21(20)23(28)25-13-16-6-1-2-7-17(16)14-26-11-5-8-18(26)15-27/h1-4,6-7,9-10,18,20-21,27H,5,8,11-15H2,(H,25,28)/t18-,20+,21+/m1/s1. The number of aliphatic hydroxyl groups is 1. The maximum Gasteiger partial charge on any atom is 0.224 e. The zero-order chi connectivity index (χ0) is 19.5. The minimum absolute atomic E-state index is 0.0180. The average Bonchev–Trinajstić information content (AvgIpc) is 3.38. The molecule has 1 aliphatic heterocycles. The van der Waals surface area contributed by atoms with E-state index in [9.17, 15) is 9.90 Å². The van der Waals surface area contributed by atoms with E-state index < -0.39 is 0 Å². The van der Waals surface area contributed by atoms with Crippen molar-refractivity contribution in [3.8, 4) is 0 Å². The Morgan fingerprint density at radius 2 is 1.89 bits per heavy atom. The van der Waals surface area contributed by atoms with Crippen molar-refractivity contribution in [1.29, 1.82) is 0 Å². The van der Waals surface area contributed by atoms with Gasteiger partial charge in [-0.2, -0.15) is 0 Å². The Balaban J connectivity index is 1.35. The third-order valence-corrected chi connectivity index (χ3v) is 6.43. The van der Waals surface area contributed by atoms with Gasteiger partial charge >= 0.3 is 0 Å². The lowest BCUT2D eigenvalue weighted by Crippen LogP contribution is -2.32. The maximum absolute atomic E-state index is 12.6. The summed E-state index contributed by atoms with van der Waals surface area (Å²) in [4.78, 5) is 15.0. The zero-order valence-electron chi connectivity index (χ0n) is 16.0. The molecule has 5 heteroatoms. The van der Waals surface area contributed by atoms with Gasteiger partial charge in [0.25, 0.3) is 0 Å². The number of likely N-dealkylation sites (tertiary alicyclic amines) is 1. The van der Waals surface area contributed by atoms with Crippen LogP contribution in [0.15, 0.2) is 48.5 Å². The molecule has 2 N–H and O–H groups in total. The van der Waals surface area contributed by atoms with E-state index in [0.29, 0.717) is 6.54 Å². The smallest absolute Gasteiger partial charge is 0.224 e. The molecule has 2 aromatic carbocycles. The molecular formula is C23H27ClN2O2. The number of aliphatic hydroxyl groups excluding tert-OH is 1. The van der Waals surface area contributed by atoms with Gasteiger partial charge in [-0.15, -0.1) is 0 Å². The molecule has 0 spiro atoms. The van der Waals surface area contributed by atoms with Crippen LogP contribution in [0.25, 0.3) is 0 Å². The van der Waals surface area contributed by atoms with Gasteiger partial charge in [-0.3, -0.25) is 9.69 Å². The summed E-state index contributed by atoms with van der Waals surface area (Å²) < 4.78 is 0. The molecule has 0 radical (unpaired) electrons. The van der Waals surface area contributed by atoms with Crippen LogP contribution in [0.2, 0.25) is 5.02 Å². The monoisotopic (exact) mass is 398 g/mol. The van der Waals surface area contributed by atoms with Crippen LogP contribution in [-0.2, 0) is 17.9 Å². The number of benzene rings is 2. The van der Waals surface area contributed by atoms with E-state index in [2.05, 4.69) is 22.3 Å². The molecule has 1 saturated heterocycles. The average molecular weight is 399 g/mol. The van der Waals surface area contributed by atoms with Crippen LogP contribution in [0.1, 0.15) is 41.9 Å². The first-order chi connectivity index (χ1) is 13.7. The van der Waals surface area contributed by atoms with Gasteiger partial charge in [0.15, 0.2) is 0 Å². The second-order valence-corrected chi connectivity index (χ2v) is 8.31. The van der Waals surface area contributed by atoms with Crippen LogP contribution < -0.4 is 5.32 Å². The quantitative estimate of drug-likeness (QED) is 0.747. The fourth-order valence-electron chi connectivity index (χ4n) is 4.33. The Kier molecular flexibility index (Phi) is 6.00. The number of hydrogen-bond acceptors (Lipinski definition) is 3. The third-order valence-electron chi connectivity index (χ3n) is 6.09. The van der Waals surface area contributed by atoms with Crippen molar-refractivity contribution in [1.82, 2.24) is 10.2 Å². The van der Waals surface area contributed by atoms with Crippen molar-refractivity contribution >= 4 is 17.5 Å². The summed E-state index contributed by atoms with van der Waals surface area (Å²) in [7, 11) is 0. The first-order valence-electron chi connectivity index (χ1n) is 10.1. The Bertz CT molecular complexity index is 841. The highest BCUT2D eigenvalue weighted by molar-refractivity contribution is 6.31.